The average molecular weight is 512 g/mol. The lowest BCUT2D eigenvalue weighted by atomic mass is 9.92. The molecule has 1 heterocycles. The summed E-state index contributed by atoms with van der Waals surface area (Å²) in [5.41, 5.74) is 1.75. The van der Waals surface area contributed by atoms with E-state index in [0.717, 1.165) is 18.5 Å². The summed E-state index contributed by atoms with van der Waals surface area (Å²) < 4.78 is 6.96. The molecule has 3 amide bonds. The maximum absolute atomic E-state index is 13.2. The van der Waals surface area contributed by atoms with E-state index in [9.17, 15) is 9.59 Å². The summed E-state index contributed by atoms with van der Waals surface area (Å²) in [4.78, 5) is 27.7. The minimum absolute atomic E-state index is 0.125. The highest BCUT2D eigenvalue weighted by Crippen LogP contribution is 2.29. The third-order valence-electron chi connectivity index (χ3n) is 5.58. The molecule has 1 aromatic heterocycles. The number of amides is 3. The minimum Gasteiger partial charge on any atom is -0.495 e. The Bertz CT molecular complexity index is 1200. The number of hydrogen-bond acceptors (Lipinski definition) is 4. The summed E-state index contributed by atoms with van der Waals surface area (Å²) in [5.74, 6) is 0.692. The molecule has 8 nitrogen and oxygen atoms in total. The van der Waals surface area contributed by atoms with Crippen LogP contribution in [-0.4, -0.2) is 46.8 Å². The first-order valence-electron chi connectivity index (χ1n) is 12.0. The second-order valence-electron chi connectivity index (χ2n) is 9.48. The lowest BCUT2D eigenvalue weighted by Crippen LogP contribution is -2.41. The minimum atomic E-state index is -0.377. The van der Waals surface area contributed by atoms with Gasteiger partial charge in [-0.1, -0.05) is 70.0 Å². The molecule has 0 aliphatic carbocycles. The fourth-order valence-corrected chi connectivity index (χ4v) is 3.76. The molecule has 3 aromatic rings. The number of nitrogens with one attached hydrogen (secondary N) is 2. The number of carbonyl (C=O) groups is 2. The molecule has 0 spiro atoms. The van der Waals surface area contributed by atoms with Gasteiger partial charge in [0.05, 0.1) is 29.2 Å². The number of urea groups is 1. The highest BCUT2D eigenvalue weighted by molar-refractivity contribution is 6.32. The normalized spacial score (nSPS) is 11.2. The number of unbranched alkanes of at least 4 members (excludes halogenated alkanes) is 1. The van der Waals surface area contributed by atoms with E-state index in [4.69, 9.17) is 21.4 Å². The Morgan fingerprint density at radius 1 is 1.08 bits per heavy atom. The van der Waals surface area contributed by atoms with Crippen molar-refractivity contribution in [3.05, 3.63) is 65.3 Å². The van der Waals surface area contributed by atoms with Crippen molar-refractivity contribution in [2.75, 3.05) is 30.8 Å². The number of rotatable bonds is 9. The monoisotopic (exact) mass is 511 g/mol. The number of hydrogen-bond donors (Lipinski definition) is 2. The molecular formula is C27H34ClN5O3. The maximum Gasteiger partial charge on any atom is 0.322 e. The van der Waals surface area contributed by atoms with Gasteiger partial charge in [0.25, 0.3) is 0 Å². The zero-order valence-electron chi connectivity index (χ0n) is 21.5. The van der Waals surface area contributed by atoms with Crippen molar-refractivity contribution in [2.24, 2.45) is 0 Å². The Morgan fingerprint density at radius 3 is 2.44 bits per heavy atom. The van der Waals surface area contributed by atoms with Crippen LogP contribution in [0.2, 0.25) is 5.02 Å². The summed E-state index contributed by atoms with van der Waals surface area (Å²) in [6.07, 6.45) is 1.65. The van der Waals surface area contributed by atoms with Crippen LogP contribution in [0, 0.1) is 0 Å². The van der Waals surface area contributed by atoms with Gasteiger partial charge in [0.1, 0.15) is 18.1 Å². The second kappa shape index (κ2) is 11.9. The first-order valence-corrected chi connectivity index (χ1v) is 12.4. The number of carbonyl (C=O) groups excluding carboxylic acids is 2. The van der Waals surface area contributed by atoms with Gasteiger partial charge in [0.2, 0.25) is 5.91 Å². The predicted octanol–water partition coefficient (Wildman–Crippen LogP) is 6.10. The summed E-state index contributed by atoms with van der Waals surface area (Å²) in [6.45, 7) is 8.49. The van der Waals surface area contributed by atoms with Crippen LogP contribution in [0.5, 0.6) is 5.75 Å². The Hall–Kier alpha value is -3.52. The molecule has 0 aliphatic heterocycles. The van der Waals surface area contributed by atoms with E-state index in [-0.39, 0.29) is 23.9 Å². The van der Waals surface area contributed by atoms with Crippen molar-refractivity contribution in [1.29, 1.82) is 0 Å². The van der Waals surface area contributed by atoms with Gasteiger partial charge >= 0.3 is 6.03 Å². The molecule has 0 fully saturated rings. The summed E-state index contributed by atoms with van der Waals surface area (Å²) in [5, 5.41) is 11.0. The van der Waals surface area contributed by atoms with Gasteiger partial charge in [0, 0.05) is 18.0 Å². The molecule has 2 aromatic carbocycles. The fraction of sp³-hybridized carbons (Fsp3) is 0.370. The predicted molar refractivity (Wildman–Crippen MR) is 144 cm³/mol. The van der Waals surface area contributed by atoms with Crippen LogP contribution >= 0.6 is 11.6 Å². The van der Waals surface area contributed by atoms with E-state index in [2.05, 4.69) is 10.6 Å². The van der Waals surface area contributed by atoms with Crippen LogP contribution in [0.15, 0.2) is 54.6 Å². The van der Waals surface area contributed by atoms with E-state index in [1.165, 1.54) is 4.90 Å². The SMILES string of the molecule is CCCCN(CC(=O)Nc1cc(C(C)(C)C)nn1-c1ccccc1Cl)C(=O)Nc1ccccc1OC. The van der Waals surface area contributed by atoms with Crippen molar-refractivity contribution in [2.45, 2.75) is 46.0 Å². The second-order valence-corrected chi connectivity index (χ2v) is 9.89. The molecule has 0 aliphatic rings. The van der Waals surface area contributed by atoms with Crippen LogP contribution < -0.4 is 15.4 Å². The van der Waals surface area contributed by atoms with Gasteiger partial charge in [-0.15, -0.1) is 0 Å². The van der Waals surface area contributed by atoms with E-state index >= 15 is 0 Å². The highest BCUT2D eigenvalue weighted by atomic mass is 35.5. The van der Waals surface area contributed by atoms with Gasteiger partial charge in [-0.2, -0.15) is 5.10 Å². The van der Waals surface area contributed by atoms with Crippen LogP contribution in [0.4, 0.5) is 16.3 Å². The molecule has 0 saturated heterocycles. The number of halogens is 1. The van der Waals surface area contributed by atoms with Crippen LogP contribution in [0.3, 0.4) is 0 Å². The van der Waals surface area contributed by atoms with Crippen molar-refractivity contribution >= 4 is 35.0 Å². The summed E-state index contributed by atoms with van der Waals surface area (Å²) in [7, 11) is 1.54. The molecule has 36 heavy (non-hydrogen) atoms. The number of methoxy groups -OCH3 is 1. The number of ether oxygens (including phenoxy) is 1. The molecule has 2 N–H and O–H groups in total. The van der Waals surface area contributed by atoms with Crippen molar-refractivity contribution in [3.8, 4) is 11.4 Å². The Balaban J connectivity index is 1.83. The molecule has 0 unspecified atom stereocenters. The molecule has 192 valence electrons. The molecule has 0 atom stereocenters. The fourth-order valence-electron chi connectivity index (χ4n) is 3.54. The number of aromatic nitrogens is 2. The van der Waals surface area contributed by atoms with Gasteiger partial charge in [-0.25, -0.2) is 9.48 Å². The average Bonchev–Trinajstić information content (AvgIpc) is 3.26. The molecule has 9 heteroatoms. The van der Waals surface area contributed by atoms with Crippen molar-refractivity contribution < 1.29 is 14.3 Å². The lowest BCUT2D eigenvalue weighted by molar-refractivity contribution is -0.116. The zero-order valence-corrected chi connectivity index (χ0v) is 22.2. The number of para-hydroxylation sites is 3. The van der Waals surface area contributed by atoms with Crippen LogP contribution in [0.1, 0.15) is 46.2 Å². The third-order valence-corrected chi connectivity index (χ3v) is 5.90. The number of anilines is 2. The first-order chi connectivity index (χ1) is 17.1. The smallest absolute Gasteiger partial charge is 0.322 e. The van der Waals surface area contributed by atoms with Gasteiger partial charge < -0.3 is 20.3 Å². The number of benzene rings is 2. The van der Waals surface area contributed by atoms with Crippen LogP contribution in [-0.2, 0) is 10.2 Å². The molecule has 3 rings (SSSR count). The Kier molecular flexibility index (Phi) is 8.98. The van der Waals surface area contributed by atoms with E-state index < -0.39 is 0 Å². The maximum atomic E-state index is 13.2. The van der Waals surface area contributed by atoms with Crippen molar-refractivity contribution in [3.63, 3.8) is 0 Å². The Labute approximate surface area is 217 Å². The molecule has 0 bridgehead atoms. The van der Waals surface area contributed by atoms with Crippen LogP contribution in [0.25, 0.3) is 5.69 Å². The molecule has 0 radical (unpaired) electrons. The third kappa shape index (κ3) is 6.79. The molecular weight excluding hydrogens is 478 g/mol. The number of nitrogens with zero attached hydrogens (tertiary/aromatic N) is 3. The Morgan fingerprint density at radius 2 is 1.78 bits per heavy atom. The topological polar surface area (TPSA) is 88.5 Å². The first kappa shape index (κ1) is 27.1. The highest BCUT2D eigenvalue weighted by Gasteiger charge is 2.24. The van der Waals surface area contributed by atoms with Crippen molar-refractivity contribution in [1.82, 2.24) is 14.7 Å². The molecule has 0 saturated carbocycles. The zero-order chi connectivity index (χ0) is 26.3. The van der Waals surface area contributed by atoms with E-state index in [1.54, 1.807) is 30.0 Å². The van der Waals surface area contributed by atoms with E-state index in [1.807, 2.05) is 64.1 Å². The quantitative estimate of drug-likeness (QED) is 0.363. The lowest BCUT2D eigenvalue weighted by Gasteiger charge is -2.23. The summed E-state index contributed by atoms with van der Waals surface area (Å²) in [6, 6.07) is 15.9. The van der Waals surface area contributed by atoms with Gasteiger partial charge in [-0.3, -0.25) is 4.79 Å². The largest absolute Gasteiger partial charge is 0.495 e. The van der Waals surface area contributed by atoms with Gasteiger partial charge in [0.15, 0.2) is 0 Å². The van der Waals surface area contributed by atoms with E-state index in [0.29, 0.717) is 34.5 Å². The van der Waals surface area contributed by atoms with Gasteiger partial charge in [-0.05, 0) is 30.7 Å². The summed E-state index contributed by atoms with van der Waals surface area (Å²) >= 11 is 6.43. The standard InChI is InChI=1S/C27H34ClN5O3/c1-6-7-16-32(26(35)29-20-13-9-11-15-22(20)36-5)18-25(34)30-24-17-23(27(2,3)4)31-33(24)21-14-10-8-12-19(21)28/h8-15,17H,6-7,16,18H2,1-5H3,(H,29,35)(H,30,34).